The highest BCUT2D eigenvalue weighted by atomic mass is 16.3. The number of aliphatic hydroxyl groups is 1. The summed E-state index contributed by atoms with van der Waals surface area (Å²) in [5.74, 6) is -0.0687. The molecule has 2 saturated heterocycles. The van der Waals surface area contributed by atoms with Crippen molar-refractivity contribution in [1.29, 1.82) is 0 Å². The number of rotatable bonds is 1. The molecule has 1 amide bonds. The van der Waals surface area contributed by atoms with E-state index in [-0.39, 0.29) is 29.7 Å². The van der Waals surface area contributed by atoms with Crippen LogP contribution in [0.25, 0.3) is 0 Å². The maximum absolute atomic E-state index is 12.7. The normalized spacial score (nSPS) is 29.3. The van der Waals surface area contributed by atoms with Crippen molar-refractivity contribution in [3.8, 4) is 0 Å². The number of piperidine rings is 2. The molecule has 108 valence electrons. The molecule has 1 aromatic rings. The first kappa shape index (κ1) is 13.4. The van der Waals surface area contributed by atoms with E-state index in [1.165, 1.54) is 6.07 Å². The van der Waals surface area contributed by atoms with E-state index < -0.39 is 0 Å². The molecule has 0 aliphatic carbocycles. The zero-order valence-electron chi connectivity index (χ0n) is 11.6. The van der Waals surface area contributed by atoms with Crippen molar-refractivity contribution in [1.82, 2.24) is 9.88 Å². The number of carbonyl (C=O) groups is 1. The molecule has 2 aliphatic heterocycles. The summed E-state index contributed by atoms with van der Waals surface area (Å²) in [5.41, 5.74) is 0.915. The van der Waals surface area contributed by atoms with Gasteiger partial charge in [-0.2, -0.15) is 0 Å². The number of aromatic amines is 1. The smallest absolute Gasteiger partial charge is 0.254 e. The van der Waals surface area contributed by atoms with Crippen LogP contribution in [0.3, 0.4) is 0 Å². The van der Waals surface area contributed by atoms with Gasteiger partial charge in [-0.25, -0.2) is 0 Å². The van der Waals surface area contributed by atoms with Gasteiger partial charge in [-0.05, 0) is 45.1 Å². The van der Waals surface area contributed by atoms with E-state index in [0.29, 0.717) is 24.1 Å². The second-order valence-corrected chi connectivity index (χ2v) is 5.99. The van der Waals surface area contributed by atoms with E-state index in [0.717, 1.165) is 19.3 Å². The van der Waals surface area contributed by atoms with Crippen molar-refractivity contribution in [3.05, 3.63) is 33.7 Å². The Hall–Kier alpha value is -1.62. The Bertz CT molecular complexity index is 567. The number of hydrogen-bond acceptors (Lipinski definition) is 3. The maximum atomic E-state index is 12.7. The summed E-state index contributed by atoms with van der Waals surface area (Å²) in [7, 11) is 0. The number of H-pyrrole nitrogens is 1. The lowest BCUT2D eigenvalue weighted by atomic mass is 9.82. The molecular weight excluding hydrogens is 256 g/mol. The average molecular weight is 276 g/mol. The number of carbonyl (C=O) groups excluding carboxylic acids is 1. The Balaban J connectivity index is 1.91. The number of aryl methyl sites for hydroxylation is 1. The first-order chi connectivity index (χ1) is 9.54. The number of nitrogens with one attached hydrogen (secondary N) is 1. The van der Waals surface area contributed by atoms with Gasteiger partial charge in [0, 0.05) is 29.4 Å². The molecule has 0 spiro atoms. The number of fused-ring (bicyclic) bond motifs is 2. The van der Waals surface area contributed by atoms with Crippen LogP contribution in [-0.4, -0.2) is 39.1 Å². The van der Waals surface area contributed by atoms with Gasteiger partial charge in [-0.15, -0.1) is 0 Å². The molecule has 2 aliphatic rings. The monoisotopic (exact) mass is 276 g/mol. The van der Waals surface area contributed by atoms with Crippen LogP contribution in [0, 0.1) is 6.92 Å². The molecule has 2 N–H and O–H groups in total. The fourth-order valence-corrected chi connectivity index (χ4v) is 3.64. The summed E-state index contributed by atoms with van der Waals surface area (Å²) < 4.78 is 0. The molecule has 0 aromatic carbocycles. The number of pyridine rings is 1. The zero-order valence-corrected chi connectivity index (χ0v) is 11.6. The second-order valence-electron chi connectivity index (χ2n) is 5.99. The Morgan fingerprint density at radius 2 is 1.95 bits per heavy atom. The fraction of sp³-hybridized carbons (Fsp3) is 0.600. The van der Waals surface area contributed by atoms with Crippen LogP contribution in [0.5, 0.6) is 0 Å². The van der Waals surface area contributed by atoms with Gasteiger partial charge < -0.3 is 15.0 Å². The largest absolute Gasteiger partial charge is 0.393 e. The highest BCUT2D eigenvalue weighted by molar-refractivity contribution is 5.94. The van der Waals surface area contributed by atoms with Gasteiger partial charge in [0.1, 0.15) is 0 Å². The minimum atomic E-state index is -0.296. The molecule has 3 atom stereocenters. The third kappa shape index (κ3) is 2.38. The van der Waals surface area contributed by atoms with Crippen molar-refractivity contribution in [3.63, 3.8) is 0 Å². The Labute approximate surface area is 117 Å². The number of nitrogens with zero attached hydrogens (tertiary/aromatic N) is 1. The molecular formula is C15H20N2O3. The molecule has 3 heterocycles. The molecule has 1 unspecified atom stereocenters. The van der Waals surface area contributed by atoms with Crippen molar-refractivity contribution in [2.75, 3.05) is 0 Å². The number of aromatic nitrogens is 1. The van der Waals surface area contributed by atoms with Crippen molar-refractivity contribution in [2.45, 2.75) is 57.2 Å². The van der Waals surface area contributed by atoms with E-state index in [4.69, 9.17) is 0 Å². The predicted octanol–water partition coefficient (Wildman–Crippen LogP) is 1.20. The molecule has 5 nitrogen and oxygen atoms in total. The minimum absolute atomic E-state index is 0.0687. The number of amides is 1. The minimum Gasteiger partial charge on any atom is -0.393 e. The lowest BCUT2D eigenvalue weighted by Crippen LogP contribution is -2.56. The van der Waals surface area contributed by atoms with Crippen LogP contribution in [0.1, 0.15) is 48.2 Å². The van der Waals surface area contributed by atoms with Crippen LogP contribution in [-0.2, 0) is 0 Å². The first-order valence-corrected chi connectivity index (χ1v) is 7.26. The van der Waals surface area contributed by atoms with Gasteiger partial charge in [-0.3, -0.25) is 9.59 Å². The number of hydrogen-bond donors (Lipinski definition) is 2. The molecule has 3 rings (SSSR count). The highest BCUT2D eigenvalue weighted by Gasteiger charge is 2.40. The van der Waals surface area contributed by atoms with E-state index in [1.54, 1.807) is 13.0 Å². The molecule has 0 radical (unpaired) electrons. The Morgan fingerprint density at radius 1 is 1.30 bits per heavy atom. The quantitative estimate of drug-likeness (QED) is 0.809. The highest BCUT2D eigenvalue weighted by Crippen LogP contribution is 2.35. The van der Waals surface area contributed by atoms with Crippen LogP contribution in [0.15, 0.2) is 16.9 Å². The van der Waals surface area contributed by atoms with Crippen LogP contribution in [0.2, 0.25) is 0 Å². The summed E-state index contributed by atoms with van der Waals surface area (Å²) in [4.78, 5) is 28.8. The van der Waals surface area contributed by atoms with Crippen LogP contribution >= 0.6 is 0 Å². The first-order valence-electron chi connectivity index (χ1n) is 7.26. The predicted molar refractivity (Wildman–Crippen MR) is 74.6 cm³/mol. The van der Waals surface area contributed by atoms with Gasteiger partial charge >= 0.3 is 0 Å². The molecule has 20 heavy (non-hydrogen) atoms. The summed E-state index contributed by atoms with van der Waals surface area (Å²) in [6.07, 6.45) is 4.02. The van der Waals surface area contributed by atoms with Gasteiger partial charge in [0.2, 0.25) is 5.56 Å². The lowest BCUT2D eigenvalue weighted by Gasteiger charge is -2.47. The van der Waals surface area contributed by atoms with Gasteiger partial charge in [0.05, 0.1) is 6.10 Å². The molecule has 1 aromatic heterocycles. The summed E-state index contributed by atoms with van der Waals surface area (Å²) in [6.45, 7) is 1.78. The molecule has 0 saturated carbocycles. The Morgan fingerprint density at radius 3 is 2.55 bits per heavy atom. The molecule has 2 bridgehead atoms. The van der Waals surface area contributed by atoms with Crippen molar-refractivity contribution in [2.24, 2.45) is 0 Å². The number of aliphatic hydroxyl groups excluding tert-OH is 1. The maximum Gasteiger partial charge on any atom is 0.254 e. The van der Waals surface area contributed by atoms with Crippen molar-refractivity contribution < 1.29 is 9.90 Å². The van der Waals surface area contributed by atoms with Crippen molar-refractivity contribution >= 4 is 5.91 Å². The summed E-state index contributed by atoms with van der Waals surface area (Å²) in [6, 6.07) is 3.33. The third-order valence-electron chi connectivity index (χ3n) is 4.41. The lowest BCUT2D eigenvalue weighted by molar-refractivity contribution is -0.0151. The van der Waals surface area contributed by atoms with Crippen LogP contribution < -0.4 is 5.56 Å². The van der Waals surface area contributed by atoms with E-state index in [1.807, 2.05) is 4.90 Å². The third-order valence-corrected chi connectivity index (χ3v) is 4.41. The van der Waals surface area contributed by atoms with E-state index >= 15 is 0 Å². The topological polar surface area (TPSA) is 73.4 Å². The molecule has 2 fully saturated rings. The standard InChI is InChI=1S/C15H20N2O3/c1-9-5-10(6-14(19)16-9)15(20)17-11-3-2-4-12(17)8-13(18)7-11/h5-6,11-13,18H,2-4,7-8H2,1H3,(H,16,19)/t11-,12+,13?. The zero-order chi connectivity index (χ0) is 14.3. The average Bonchev–Trinajstić information content (AvgIpc) is 2.35. The SMILES string of the molecule is Cc1cc(C(=O)N2[C@@H]3CCC[C@H]2CC(O)C3)cc(=O)[nH]1. The Kier molecular flexibility index (Phi) is 3.38. The molecule has 5 heteroatoms. The second kappa shape index (κ2) is 5.05. The summed E-state index contributed by atoms with van der Waals surface area (Å²) in [5, 5.41) is 9.88. The van der Waals surface area contributed by atoms with Gasteiger partial charge in [-0.1, -0.05) is 0 Å². The van der Waals surface area contributed by atoms with Gasteiger partial charge in [0.15, 0.2) is 0 Å². The van der Waals surface area contributed by atoms with Crippen LogP contribution in [0.4, 0.5) is 0 Å². The van der Waals surface area contributed by atoms with Gasteiger partial charge in [0.25, 0.3) is 5.91 Å². The fourth-order valence-electron chi connectivity index (χ4n) is 3.64. The summed E-state index contributed by atoms with van der Waals surface area (Å²) >= 11 is 0. The van der Waals surface area contributed by atoms with E-state index in [9.17, 15) is 14.7 Å². The van der Waals surface area contributed by atoms with E-state index in [2.05, 4.69) is 4.98 Å².